The third-order valence-electron chi connectivity index (χ3n) is 1.30. The van der Waals surface area contributed by atoms with Gasteiger partial charge in [-0.1, -0.05) is 10.2 Å². The van der Waals surface area contributed by atoms with Crippen LogP contribution < -0.4 is 11.1 Å². The van der Waals surface area contributed by atoms with E-state index in [2.05, 4.69) is 15.5 Å². The molecule has 0 radical (unpaired) electrons. The maximum absolute atomic E-state index is 10.8. The molecule has 2 unspecified atom stereocenters. The van der Waals surface area contributed by atoms with Gasteiger partial charge in [0.15, 0.2) is 0 Å². The van der Waals surface area contributed by atoms with Gasteiger partial charge >= 0.3 is 12.0 Å². The molecule has 0 aliphatic carbocycles. The lowest BCUT2D eigenvalue weighted by atomic mass is 10.4. The Balaban J connectivity index is 2.44. The van der Waals surface area contributed by atoms with Crippen molar-refractivity contribution < 1.29 is 8.63 Å². The highest BCUT2D eigenvalue weighted by molar-refractivity contribution is 7.84. The molecule has 0 bridgehead atoms. The average molecular weight is 204 g/mol. The highest BCUT2D eigenvalue weighted by Crippen LogP contribution is 2.07. The van der Waals surface area contributed by atoms with E-state index in [4.69, 9.17) is 10.2 Å². The second kappa shape index (κ2) is 4.22. The molecule has 74 valence electrons. The Labute approximate surface area is 78.4 Å². The van der Waals surface area contributed by atoms with Crippen LogP contribution in [0.1, 0.15) is 6.92 Å². The van der Waals surface area contributed by atoms with Crippen LogP contribution >= 0.6 is 0 Å². The fraction of sp³-hybridized carbons (Fsp3) is 0.667. The number of nitrogens with two attached hydrogens (primary N) is 1. The summed E-state index contributed by atoms with van der Waals surface area (Å²) in [6, 6.07) is 0.299. The average Bonchev–Trinajstić information content (AvgIpc) is 2.33. The Morgan fingerprint density at radius 2 is 2.38 bits per heavy atom. The first kappa shape index (κ1) is 9.97. The lowest BCUT2D eigenvalue weighted by Crippen LogP contribution is -2.22. The van der Waals surface area contributed by atoms with Gasteiger partial charge in [0.05, 0.1) is 0 Å². The monoisotopic (exact) mass is 204 g/mol. The van der Waals surface area contributed by atoms with Gasteiger partial charge in [0.2, 0.25) is 0 Å². The molecule has 0 aromatic carbocycles. The van der Waals surface area contributed by atoms with Crippen LogP contribution in [-0.2, 0) is 10.8 Å². The molecule has 0 aliphatic heterocycles. The topological polar surface area (TPSA) is 94.0 Å². The molecule has 0 fully saturated rings. The van der Waals surface area contributed by atoms with E-state index in [9.17, 15) is 4.21 Å². The highest BCUT2D eigenvalue weighted by Gasteiger charge is 2.08. The van der Waals surface area contributed by atoms with Crippen molar-refractivity contribution >= 4 is 22.8 Å². The van der Waals surface area contributed by atoms with Crippen molar-refractivity contribution in [2.24, 2.45) is 0 Å². The molecule has 0 saturated carbocycles. The summed E-state index contributed by atoms with van der Waals surface area (Å²) in [7, 11) is -0.846. The third kappa shape index (κ3) is 3.41. The van der Waals surface area contributed by atoms with Crippen molar-refractivity contribution in [2.45, 2.75) is 13.0 Å². The minimum absolute atomic E-state index is 0.0192. The summed E-state index contributed by atoms with van der Waals surface area (Å²) in [4.78, 5) is 0. The minimum atomic E-state index is -0.846. The standard InChI is InChI=1S/C6H12N4O2S/c1-4(3-13(2)11)8-6-10-9-5(7)12-6/h4H,3H2,1-2H3,(H2,7,9)(H,8,10). The quantitative estimate of drug-likeness (QED) is 0.707. The molecule has 0 saturated heterocycles. The van der Waals surface area contributed by atoms with E-state index in [1.54, 1.807) is 6.26 Å². The fourth-order valence-corrected chi connectivity index (χ4v) is 1.68. The second-order valence-corrected chi connectivity index (χ2v) is 4.21. The van der Waals surface area contributed by atoms with Crippen molar-refractivity contribution in [3.05, 3.63) is 0 Å². The van der Waals surface area contributed by atoms with Crippen LogP contribution in [0, 0.1) is 0 Å². The molecule has 0 spiro atoms. The number of hydrogen-bond acceptors (Lipinski definition) is 6. The fourth-order valence-electron chi connectivity index (χ4n) is 0.897. The van der Waals surface area contributed by atoms with Crippen LogP contribution in [0.5, 0.6) is 0 Å². The van der Waals surface area contributed by atoms with E-state index in [0.29, 0.717) is 5.75 Å². The van der Waals surface area contributed by atoms with Gasteiger partial charge in [-0.15, -0.1) is 0 Å². The Kier molecular flexibility index (Phi) is 3.24. The number of aromatic nitrogens is 2. The summed E-state index contributed by atoms with van der Waals surface area (Å²) >= 11 is 0. The van der Waals surface area contributed by atoms with Crippen LogP contribution in [0.2, 0.25) is 0 Å². The molecular weight excluding hydrogens is 192 g/mol. The van der Waals surface area contributed by atoms with Crippen molar-refractivity contribution in [3.63, 3.8) is 0 Å². The number of nitrogens with one attached hydrogen (secondary N) is 1. The summed E-state index contributed by atoms with van der Waals surface area (Å²) < 4.78 is 15.7. The van der Waals surface area contributed by atoms with E-state index in [0.717, 1.165) is 0 Å². The Hall–Kier alpha value is -1.11. The zero-order valence-electron chi connectivity index (χ0n) is 7.48. The van der Waals surface area contributed by atoms with Crippen molar-refractivity contribution in [1.82, 2.24) is 10.2 Å². The first-order chi connectivity index (χ1) is 6.08. The molecular formula is C6H12N4O2S. The molecule has 2 atom stereocenters. The highest BCUT2D eigenvalue weighted by atomic mass is 32.2. The van der Waals surface area contributed by atoms with Gasteiger partial charge < -0.3 is 15.5 Å². The minimum Gasteiger partial charge on any atom is -0.390 e. The Bertz CT molecular complexity index is 301. The van der Waals surface area contributed by atoms with Crippen LogP contribution in [0.4, 0.5) is 12.0 Å². The molecule has 13 heavy (non-hydrogen) atoms. The zero-order chi connectivity index (χ0) is 9.84. The molecule has 1 aromatic rings. The lowest BCUT2D eigenvalue weighted by Gasteiger charge is -2.08. The van der Waals surface area contributed by atoms with Gasteiger partial charge in [-0.2, -0.15) is 0 Å². The number of hydrogen-bond donors (Lipinski definition) is 2. The van der Waals surface area contributed by atoms with Crippen LogP contribution in [-0.4, -0.2) is 32.5 Å². The van der Waals surface area contributed by atoms with Crippen LogP contribution in [0.25, 0.3) is 0 Å². The van der Waals surface area contributed by atoms with E-state index in [-0.39, 0.29) is 18.1 Å². The smallest absolute Gasteiger partial charge is 0.317 e. The van der Waals surface area contributed by atoms with Crippen molar-refractivity contribution in [2.75, 3.05) is 23.1 Å². The van der Waals surface area contributed by atoms with Gasteiger partial charge in [0, 0.05) is 28.9 Å². The third-order valence-corrected chi connectivity index (χ3v) is 2.26. The number of nitrogen functional groups attached to an aromatic ring is 1. The van der Waals surface area contributed by atoms with Gasteiger partial charge in [0.25, 0.3) is 0 Å². The number of rotatable bonds is 4. The summed E-state index contributed by atoms with van der Waals surface area (Å²) in [6.45, 7) is 1.88. The molecule has 1 rings (SSSR count). The predicted molar refractivity (Wildman–Crippen MR) is 50.7 cm³/mol. The first-order valence-corrected chi connectivity index (χ1v) is 5.46. The van der Waals surface area contributed by atoms with E-state index >= 15 is 0 Å². The van der Waals surface area contributed by atoms with Gasteiger partial charge in [0.1, 0.15) is 0 Å². The lowest BCUT2D eigenvalue weighted by molar-refractivity contribution is 0.580. The molecule has 0 aliphatic rings. The zero-order valence-corrected chi connectivity index (χ0v) is 8.30. The van der Waals surface area contributed by atoms with E-state index < -0.39 is 10.8 Å². The van der Waals surface area contributed by atoms with Gasteiger partial charge in [-0.05, 0) is 6.92 Å². The number of nitrogens with zero attached hydrogens (tertiary/aromatic N) is 2. The summed E-state index contributed by atoms with van der Waals surface area (Å²) in [5.41, 5.74) is 5.22. The predicted octanol–water partition coefficient (Wildman–Crippen LogP) is -0.169. The molecule has 6 nitrogen and oxygen atoms in total. The second-order valence-electron chi connectivity index (χ2n) is 2.73. The summed E-state index contributed by atoms with van der Waals surface area (Å²) in [6.07, 6.45) is 1.64. The Morgan fingerprint density at radius 1 is 1.69 bits per heavy atom. The van der Waals surface area contributed by atoms with Crippen molar-refractivity contribution in [3.8, 4) is 0 Å². The molecule has 3 N–H and O–H groups in total. The molecule has 0 amide bonds. The van der Waals surface area contributed by atoms with Crippen LogP contribution in [0.15, 0.2) is 4.42 Å². The maximum atomic E-state index is 10.8. The normalized spacial score (nSPS) is 15.2. The van der Waals surface area contributed by atoms with Gasteiger partial charge in [-0.3, -0.25) is 4.21 Å². The molecule has 1 heterocycles. The van der Waals surface area contributed by atoms with Crippen molar-refractivity contribution in [1.29, 1.82) is 0 Å². The maximum Gasteiger partial charge on any atom is 0.317 e. The largest absolute Gasteiger partial charge is 0.390 e. The SMILES string of the molecule is CC(CS(C)=O)Nc1nnc(N)o1. The first-order valence-electron chi connectivity index (χ1n) is 3.73. The Morgan fingerprint density at radius 3 is 2.85 bits per heavy atom. The summed E-state index contributed by atoms with van der Waals surface area (Å²) in [5.74, 6) is 0.530. The molecule has 7 heteroatoms. The number of anilines is 2. The molecule has 1 aromatic heterocycles. The van der Waals surface area contributed by atoms with Gasteiger partial charge in [-0.25, -0.2) is 0 Å². The van der Waals surface area contributed by atoms with E-state index in [1.165, 1.54) is 0 Å². The summed E-state index contributed by atoms with van der Waals surface area (Å²) in [5, 5.41) is 9.96. The van der Waals surface area contributed by atoms with Crippen LogP contribution in [0.3, 0.4) is 0 Å². The van der Waals surface area contributed by atoms with E-state index in [1.807, 2.05) is 6.92 Å².